The molecule has 0 atom stereocenters. The van der Waals surface area contributed by atoms with Gasteiger partial charge in [-0.3, -0.25) is 9.59 Å². The summed E-state index contributed by atoms with van der Waals surface area (Å²) in [5, 5.41) is 4.25. The smallest absolute Gasteiger partial charge is 0.274 e. The van der Waals surface area contributed by atoms with Crippen LogP contribution in [0.1, 0.15) is 28.2 Å². The second kappa shape index (κ2) is 6.03. The lowest BCUT2D eigenvalue weighted by Gasteiger charge is -2.14. The number of nitrogens with two attached hydrogens (primary N) is 1. The highest BCUT2D eigenvalue weighted by Gasteiger charge is 2.29. The molecule has 1 heterocycles. The highest BCUT2D eigenvalue weighted by molar-refractivity contribution is 5.96. The zero-order valence-corrected chi connectivity index (χ0v) is 13.1. The quantitative estimate of drug-likeness (QED) is 0.912. The summed E-state index contributed by atoms with van der Waals surface area (Å²) in [7, 11) is 1.45. The van der Waals surface area contributed by atoms with Crippen molar-refractivity contribution in [3.63, 3.8) is 0 Å². The van der Waals surface area contributed by atoms with E-state index in [1.54, 1.807) is 0 Å². The Morgan fingerprint density at radius 2 is 1.92 bits per heavy atom. The van der Waals surface area contributed by atoms with Gasteiger partial charge in [0.1, 0.15) is 11.6 Å². The number of hydrogen-bond donors (Lipinski definition) is 1. The lowest BCUT2D eigenvalue weighted by molar-refractivity contribution is -0.118. The Labute approximate surface area is 136 Å². The number of rotatable bonds is 4. The van der Waals surface area contributed by atoms with Crippen LogP contribution in [0.25, 0.3) is 5.69 Å². The minimum atomic E-state index is -0.717. The van der Waals surface area contributed by atoms with Gasteiger partial charge in [0.15, 0.2) is 5.69 Å². The second-order valence-corrected chi connectivity index (χ2v) is 5.79. The Hall–Kier alpha value is -2.77. The average molecular weight is 334 g/mol. The normalized spacial score (nSPS) is 13.0. The lowest BCUT2D eigenvalue weighted by Crippen LogP contribution is -2.36. The number of hydrogen-bond acceptors (Lipinski definition) is 3. The van der Waals surface area contributed by atoms with Gasteiger partial charge in [0.25, 0.3) is 5.91 Å². The molecular weight excluding hydrogens is 318 g/mol. The number of carbonyl (C=O) groups is 2. The maximum atomic E-state index is 13.5. The summed E-state index contributed by atoms with van der Waals surface area (Å²) in [5.74, 6) is -2.51. The maximum absolute atomic E-state index is 13.5. The number of halogens is 2. The molecule has 6 nitrogen and oxygen atoms in total. The predicted molar refractivity (Wildman–Crippen MR) is 81.7 cm³/mol. The first-order valence-corrected chi connectivity index (χ1v) is 7.48. The summed E-state index contributed by atoms with van der Waals surface area (Å²) in [4.78, 5) is 24.7. The molecule has 0 radical (unpaired) electrons. The third-order valence-electron chi connectivity index (χ3n) is 3.96. The number of likely N-dealkylation sites (N-methyl/N-ethyl adjacent to an activating group) is 1. The molecule has 3 rings (SSSR count). The summed E-state index contributed by atoms with van der Waals surface area (Å²) in [6.07, 6.45) is 2.14. The van der Waals surface area contributed by atoms with Crippen molar-refractivity contribution in [2.75, 3.05) is 13.6 Å². The third-order valence-corrected chi connectivity index (χ3v) is 3.96. The molecule has 0 bridgehead atoms. The van der Waals surface area contributed by atoms with E-state index in [0.29, 0.717) is 12.8 Å². The van der Waals surface area contributed by atoms with Crippen molar-refractivity contribution >= 4 is 11.8 Å². The summed E-state index contributed by atoms with van der Waals surface area (Å²) in [6, 6.07) is 3.10. The van der Waals surface area contributed by atoms with Gasteiger partial charge in [-0.15, -0.1) is 0 Å². The largest absolute Gasteiger partial charge is 0.368 e. The molecule has 2 aromatic rings. The SMILES string of the molecule is CN(CC(N)=O)C(=O)c1nn(-c2cc(F)cc(F)c2)c2c1CCC2. The minimum Gasteiger partial charge on any atom is -0.368 e. The first kappa shape index (κ1) is 16.1. The maximum Gasteiger partial charge on any atom is 0.274 e. The third kappa shape index (κ3) is 2.86. The zero-order valence-electron chi connectivity index (χ0n) is 13.1. The van der Waals surface area contributed by atoms with Crippen LogP contribution in [0.5, 0.6) is 0 Å². The highest BCUT2D eigenvalue weighted by Crippen LogP contribution is 2.29. The molecule has 0 aliphatic heterocycles. The second-order valence-electron chi connectivity index (χ2n) is 5.79. The minimum absolute atomic E-state index is 0.191. The van der Waals surface area contributed by atoms with Crippen LogP contribution in [-0.2, 0) is 17.6 Å². The molecule has 1 aromatic carbocycles. The van der Waals surface area contributed by atoms with Crippen LogP contribution in [0.2, 0.25) is 0 Å². The average Bonchev–Trinajstić information content (AvgIpc) is 3.06. The van der Waals surface area contributed by atoms with Crippen molar-refractivity contribution in [3.05, 3.63) is 46.8 Å². The molecule has 1 aliphatic carbocycles. The first-order chi connectivity index (χ1) is 11.4. The first-order valence-electron chi connectivity index (χ1n) is 7.48. The standard InChI is InChI=1S/C16H16F2N4O2/c1-21(8-14(19)23)16(24)15-12-3-2-4-13(12)22(20-15)11-6-9(17)5-10(18)7-11/h5-7H,2-4,8H2,1H3,(H2,19,23). The van der Waals surface area contributed by atoms with Gasteiger partial charge in [0.2, 0.25) is 5.91 Å². The fraction of sp³-hybridized carbons (Fsp3) is 0.312. The molecule has 2 amide bonds. The van der Waals surface area contributed by atoms with Crippen molar-refractivity contribution < 1.29 is 18.4 Å². The van der Waals surface area contributed by atoms with E-state index >= 15 is 0 Å². The van der Waals surface area contributed by atoms with E-state index in [-0.39, 0.29) is 17.9 Å². The van der Waals surface area contributed by atoms with Gasteiger partial charge in [-0.25, -0.2) is 13.5 Å². The number of fused-ring (bicyclic) bond motifs is 1. The predicted octanol–water partition coefficient (Wildman–Crippen LogP) is 1.20. The van der Waals surface area contributed by atoms with Crippen LogP contribution < -0.4 is 5.73 Å². The molecule has 0 saturated heterocycles. The number of aromatic nitrogens is 2. The molecular formula is C16H16F2N4O2. The van der Waals surface area contributed by atoms with E-state index in [1.165, 1.54) is 16.6 Å². The molecule has 24 heavy (non-hydrogen) atoms. The Balaban J connectivity index is 2.05. The molecule has 0 spiro atoms. The fourth-order valence-corrected chi connectivity index (χ4v) is 2.97. The van der Waals surface area contributed by atoms with Crippen molar-refractivity contribution in [2.24, 2.45) is 5.73 Å². The van der Waals surface area contributed by atoms with Crippen LogP contribution in [0.4, 0.5) is 8.78 Å². The van der Waals surface area contributed by atoms with Crippen LogP contribution in [0, 0.1) is 11.6 Å². The molecule has 2 N–H and O–H groups in total. The Kier molecular flexibility index (Phi) is 4.04. The molecule has 1 aliphatic rings. The fourth-order valence-electron chi connectivity index (χ4n) is 2.97. The highest BCUT2D eigenvalue weighted by atomic mass is 19.1. The zero-order chi connectivity index (χ0) is 17.4. The van der Waals surface area contributed by atoms with Gasteiger partial charge < -0.3 is 10.6 Å². The summed E-state index contributed by atoms with van der Waals surface area (Å²) in [5.41, 5.74) is 7.04. The van der Waals surface area contributed by atoms with Gasteiger partial charge in [-0.05, 0) is 31.4 Å². The van der Waals surface area contributed by atoms with Gasteiger partial charge in [0, 0.05) is 24.4 Å². The Morgan fingerprint density at radius 1 is 1.25 bits per heavy atom. The van der Waals surface area contributed by atoms with Crippen LogP contribution >= 0.6 is 0 Å². The van der Waals surface area contributed by atoms with Gasteiger partial charge in [0.05, 0.1) is 12.2 Å². The summed E-state index contributed by atoms with van der Waals surface area (Å²) < 4.78 is 28.4. The number of nitrogens with zero attached hydrogens (tertiary/aromatic N) is 3. The van der Waals surface area contributed by atoms with E-state index in [2.05, 4.69) is 5.10 Å². The Morgan fingerprint density at radius 3 is 2.54 bits per heavy atom. The van der Waals surface area contributed by atoms with Gasteiger partial charge in [-0.2, -0.15) is 5.10 Å². The number of amides is 2. The van der Waals surface area contributed by atoms with E-state index in [9.17, 15) is 18.4 Å². The van der Waals surface area contributed by atoms with Gasteiger partial charge in [-0.1, -0.05) is 0 Å². The molecule has 126 valence electrons. The number of primary amides is 1. The number of carbonyl (C=O) groups excluding carboxylic acids is 2. The van der Waals surface area contributed by atoms with Crippen LogP contribution in [0.3, 0.4) is 0 Å². The molecule has 1 aromatic heterocycles. The molecule has 8 heteroatoms. The van der Waals surface area contributed by atoms with E-state index in [4.69, 9.17) is 5.73 Å². The molecule has 0 saturated carbocycles. The monoisotopic (exact) mass is 334 g/mol. The van der Waals surface area contributed by atoms with Crippen molar-refractivity contribution in [2.45, 2.75) is 19.3 Å². The van der Waals surface area contributed by atoms with Crippen LogP contribution in [0.15, 0.2) is 18.2 Å². The van der Waals surface area contributed by atoms with E-state index in [1.807, 2.05) is 0 Å². The molecule has 0 unspecified atom stereocenters. The molecule has 0 fully saturated rings. The van der Waals surface area contributed by atoms with E-state index in [0.717, 1.165) is 35.9 Å². The Bertz CT molecular complexity index is 811. The van der Waals surface area contributed by atoms with Crippen LogP contribution in [-0.4, -0.2) is 40.1 Å². The summed E-state index contributed by atoms with van der Waals surface area (Å²) in [6.45, 7) is -0.227. The topological polar surface area (TPSA) is 81.2 Å². The van der Waals surface area contributed by atoms with Crippen molar-refractivity contribution in [3.8, 4) is 5.69 Å². The van der Waals surface area contributed by atoms with Crippen molar-refractivity contribution in [1.29, 1.82) is 0 Å². The van der Waals surface area contributed by atoms with Crippen molar-refractivity contribution in [1.82, 2.24) is 14.7 Å². The van der Waals surface area contributed by atoms with E-state index < -0.39 is 23.4 Å². The summed E-state index contributed by atoms with van der Waals surface area (Å²) >= 11 is 0. The lowest BCUT2D eigenvalue weighted by atomic mass is 10.2. The number of benzene rings is 1. The van der Waals surface area contributed by atoms with Gasteiger partial charge >= 0.3 is 0 Å².